The van der Waals surface area contributed by atoms with Crippen molar-refractivity contribution < 1.29 is 9.53 Å². The number of rotatable bonds is 5. The molecule has 0 unspecified atom stereocenters. The van der Waals surface area contributed by atoms with Crippen molar-refractivity contribution in [3.8, 4) is 5.75 Å². The van der Waals surface area contributed by atoms with Crippen LogP contribution in [0.2, 0.25) is 5.02 Å². The Kier molecular flexibility index (Phi) is 5.60. The lowest BCUT2D eigenvalue weighted by Gasteiger charge is -2.11. The first kappa shape index (κ1) is 16.8. The Morgan fingerprint density at radius 2 is 2.09 bits per heavy atom. The fraction of sp³-hybridized carbons (Fsp3) is 0.176. The van der Waals surface area contributed by atoms with Gasteiger partial charge in [0.25, 0.3) is 5.91 Å². The quantitative estimate of drug-likeness (QED) is 0.500. The maximum absolute atomic E-state index is 11.9. The molecule has 120 valence electrons. The number of hydrogen-bond acceptors (Lipinski definition) is 4. The first-order valence-electron chi connectivity index (χ1n) is 7.11. The Labute approximate surface area is 140 Å². The van der Waals surface area contributed by atoms with Crippen LogP contribution in [-0.2, 0) is 0 Å². The van der Waals surface area contributed by atoms with Crippen LogP contribution in [0.25, 0.3) is 0 Å². The van der Waals surface area contributed by atoms with Crippen LogP contribution in [0.5, 0.6) is 5.75 Å². The van der Waals surface area contributed by atoms with E-state index in [-0.39, 0.29) is 12.0 Å². The zero-order valence-corrected chi connectivity index (χ0v) is 13.7. The van der Waals surface area contributed by atoms with Crippen LogP contribution in [0, 0.1) is 0 Å². The molecule has 0 atom stereocenters. The minimum Gasteiger partial charge on any atom is -0.489 e. The third-order valence-corrected chi connectivity index (χ3v) is 3.14. The van der Waals surface area contributed by atoms with E-state index in [2.05, 4.69) is 10.5 Å². The molecule has 0 aliphatic carbocycles. The number of hydrogen-bond donors (Lipinski definition) is 2. The fourth-order valence-corrected chi connectivity index (χ4v) is 2.09. The van der Waals surface area contributed by atoms with E-state index in [4.69, 9.17) is 22.1 Å². The highest BCUT2D eigenvalue weighted by Gasteiger charge is 2.05. The molecule has 0 fully saturated rings. The summed E-state index contributed by atoms with van der Waals surface area (Å²) in [5, 5.41) is 4.41. The van der Waals surface area contributed by atoms with Gasteiger partial charge in [-0.15, -0.1) is 0 Å². The van der Waals surface area contributed by atoms with Gasteiger partial charge >= 0.3 is 0 Å². The van der Waals surface area contributed by atoms with Crippen LogP contribution in [0.4, 0.5) is 5.69 Å². The van der Waals surface area contributed by atoms with Gasteiger partial charge in [0.1, 0.15) is 5.75 Å². The molecule has 2 aromatic rings. The Balaban J connectivity index is 2.00. The van der Waals surface area contributed by atoms with Crippen molar-refractivity contribution in [3.05, 3.63) is 58.6 Å². The molecule has 3 N–H and O–H groups in total. The van der Waals surface area contributed by atoms with Crippen molar-refractivity contribution in [2.75, 3.05) is 5.73 Å². The lowest BCUT2D eigenvalue weighted by Crippen LogP contribution is -2.17. The molecule has 6 heteroatoms. The highest BCUT2D eigenvalue weighted by molar-refractivity contribution is 6.32. The molecule has 0 radical (unpaired) electrons. The van der Waals surface area contributed by atoms with Crippen LogP contribution in [0.3, 0.4) is 0 Å². The molecule has 0 heterocycles. The number of nitrogens with one attached hydrogen (secondary N) is 1. The van der Waals surface area contributed by atoms with Gasteiger partial charge in [-0.25, -0.2) is 5.43 Å². The van der Waals surface area contributed by atoms with Gasteiger partial charge in [-0.05, 0) is 55.8 Å². The van der Waals surface area contributed by atoms with E-state index < -0.39 is 0 Å². The first-order chi connectivity index (χ1) is 11.0. The van der Waals surface area contributed by atoms with E-state index in [1.807, 2.05) is 13.8 Å². The molecule has 0 aliphatic heterocycles. The van der Waals surface area contributed by atoms with Gasteiger partial charge < -0.3 is 10.5 Å². The molecule has 2 aromatic carbocycles. The molecule has 0 saturated carbocycles. The molecule has 0 aromatic heterocycles. The molecule has 0 aliphatic rings. The van der Waals surface area contributed by atoms with Gasteiger partial charge in [-0.2, -0.15) is 5.10 Å². The third kappa shape index (κ3) is 5.00. The van der Waals surface area contributed by atoms with Crippen LogP contribution >= 0.6 is 11.6 Å². The highest BCUT2D eigenvalue weighted by Crippen LogP contribution is 2.25. The number of nitrogens with zero attached hydrogens (tertiary/aromatic N) is 1. The van der Waals surface area contributed by atoms with Gasteiger partial charge in [-0.1, -0.05) is 17.7 Å². The zero-order chi connectivity index (χ0) is 16.8. The number of hydrazone groups is 1. The number of amides is 1. The van der Waals surface area contributed by atoms with Crippen molar-refractivity contribution in [2.45, 2.75) is 20.0 Å². The Morgan fingerprint density at radius 1 is 1.30 bits per heavy atom. The van der Waals surface area contributed by atoms with Gasteiger partial charge in [0.2, 0.25) is 0 Å². The Morgan fingerprint density at radius 3 is 2.74 bits per heavy atom. The lowest BCUT2D eigenvalue weighted by atomic mass is 10.2. The summed E-state index contributed by atoms with van der Waals surface area (Å²) in [6.45, 7) is 3.86. The minimum atomic E-state index is -0.334. The van der Waals surface area contributed by atoms with Gasteiger partial charge in [0.05, 0.1) is 17.3 Å². The molecular formula is C17H18ClN3O2. The van der Waals surface area contributed by atoms with Crippen LogP contribution in [0.15, 0.2) is 47.6 Å². The maximum Gasteiger partial charge on any atom is 0.271 e. The molecule has 1 amide bonds. The molecule has 0 saturated heterocycles. The van der Waals surface area contributed by atoms with E-state index in [9.17, 15) is 4.79 Å². The average molecular weight is 332 g/mol. The third-order valence-electron chi connectivity index (χ3n) is 2.85. The summed E-state index contributed by atoms with van der Waals surface area (Å²) in [6, 6.07) is 12.0. The molecular weight excluding hydrogens is 314 g/mol. The summed E-state index contributed by atoms with van der Waals surface area (Å²) >= 11 is 6.14. The van der Waals surface area contributed by atoms with Crippen molar-refractivity contribution >= 4 is 29.4 Å². The number of carbonyl (C=O) groups excluding carboxylic acids is 1. The van der Waals surface area contributed by atoms with Crippen molar-refractivity contribution in [1.29, 1.82) is 0 Å². The van der Waals surface area contributed by atoms with Crippen molar-refractivity contribution in [2.24, 2.45) is 5.10 Å². The predicted octanol–water partition coefficient (Wildman–Crippen LogP) is 3.47. The number of anilines is 1. The number of ether oxygens (including phenoxy) is 1. The maximum atomic E-state index is 11.9. The summed E-state index contributed by atoms with van der Waals surface area (Å²) in [6.07, 6.45) is 1.56. The van der Waals surface area contributed by atoms with Crippen LogP contribution < -0.4 is 15.9 Å². The second-order valence-electron chi connectivity index (χ2n) is 5.18. The van der Waals surface area contributed by atoms with E-state index >= 15 is 0 Å². The fourth-order valence-electron chi connectivity index (χ4n) is 1.86. The topological polar surface area (TPSA) is 76.7 Å². The molecule has 0 spiro atoms. The highest BCUT2D eigenvalue weighted by atomic mass is 35.5. The number of benzene rings is 2. The second-order valence-corrected chi connectivity index (χ2v) is 5.59. The number of carbonyl (C=O) groups is 1. The van der Waals surface area contributed by atoms with Crippen molar-refractivity contribution in [1.82, 2.24) is 5.43 Å². The van der Waals surface area contributed by atoms with E-state index in [1.54, 1.807) is 42.5 Å². The van der Waals surface area contributed by atoms with E-state index in [0.717, 1.165) is 5.56 Å². The molecule has 23 heavy (non-hydrogen) atoms. The Bertz CT molecular complexity index is 730. The zero-order valence-electron chi connectivity index (χ0n) is 12.9. The molecule has 5 nitrogen and oxygen atoms in total. The lowest BCUT2D eigenvalue weighted by molar-refractivity contribution is 0.0955. The minimum absolute atomic E-state index is 0.0459. The largest absolute Gasteiger partial charge is 0.489 e. The van der Waals surface area contributed by atoms with E-state index in [1.165, 1.54) is 6.21 Å². The molecule has 2 rings (SSSR count). The summed E-state index contributed by atoms with van der Waals surface area (Å²) in [7, 11) is 0. The Hall–Kier alpha value is -2.53. The number of nitrogens with two attached hydrogens (primary N) is 1. The summed E-state index contributed by atoms with van der Waals surface area (Å²) in [4.78, 5) is 11.9. The van der Waals surface area contributed by atoms with Crippen LogP contribution in [0.1, 0.15) is 29.8 Å². The first-order valence-corrected chi connectivity index (χ1v) is 7.48. The second kappa shape index (κ2) is 7.65. The summed E-state index contributed by atoms with van der Waals surface area (Å²) in [5.41, 5.74) is 9.79. The number of nitrogen functional groups attached to an aromatic ring is 1. The average Bonchev–Trinajstić information content (AvgIpc) is 2.49. The van der Waals surface area contributed by atoms with Gasteiger partial charge in [0.15, 0.2) is 0 Å². The standard InChI is InChI=1S/C17H18ClN3O2/c1-11(2)23-16-7-6-12(8-15(16)18)10-20-21-17(22)13-4-3-5-14(19)9-13/h3-11H,19H2,1-2H3,(H,21,22)/b20-10-. The summed E-state index contributed by atoms with van der Waals surface area (Å²) in [5.74, 6) is 0.280. The SMILES string of the molecule is CC(C)Oc1ccc(/C=N\NC(=O)c2cccc(N)c2)cc1Cl. The normalized spacial score (nSPS) is 11.0. The summed E-state index contributed by atoms with van der Waals surface area (Å²) < 4.78 is 5.55. The van der Waals surface area contributed by atoms with Crippen LogP contribution in [-0.4, -0.2) is 18.2 Å². The van der Waals surface area contributed by atoms with Crippen molar-refractivity contribution in [3.63, 3.8) is 0 Å². The van der Waals surface area contributed by atoms with Gasteiger partial charge in [-0.3, -0.25) is 4.79 Å². The van der Waals surface area contributed by atoms with Gasteiger partial charge in [0, 0.05) is 11.3 Å². The number of halogens is 1. The predicted molar refractivity (Wildman–Crippen MR) is 93.1 cm³/mol. The smallest absolute Gasteiger partial charge is 0.271 e. The van der Waals surface area contributed by atoms with E-state index in [0.29, 0.717) is 22.0 Å². The monoisotopic (exact) mass is 331 g/mol. The molecule has 0 bridgehead atoms.